The standard InChI is InChI=1S/C21H25N3O4/c1-2-3-4-5-6-7-15-27-17-13-11-16(12-14-17)21(25)28-19-10-8-9-18-20(19)22-23-24(18)26/h8-14,26H,2-7,15H2,1H3. The van der Waals surface area contributed by atoms with Crippen LogP contribution in [-0.2, 0) is 0 Å². The number of hydrogen-bond acceptors (Lipinski definition) is 6. The number of unbranched alkanes of at least 4 members (excludes halogenated alkanes) is 5. The van der Waals surface area contributed by atoms with E-state index in [9.17, 15) is 10.0 Å². The monoisotopic (exact) mass is 383 g/mol. The van der Waals surface area contributed by atoms with Crippen LogP contribution < -0.4 is 9.47 Å². The van der Waals surface area contributed by atoms with Gasteiger partial charge in [-0.25, -0.2) is 4.79 Å². The number of esters is 1. The topological polar surface area (TPSA) is 86.5 Å². The fourth-order valence-corrected chi connectivity index (χ4v) is 2.91. The molecule has 3 aromatic rings. The maximum atomic E-state index is 12.4. The molecule has 0 bridgehead atoms. The normalized spacial score (nSPS) is 10.9. The van der Waals surface area contributed by atoms with E-state index in [1.807, 2.05) is 0 Å². The molecule has 1 heterocycles. The van der Waals surface area contributed by atoms with Gasteiger partial charge in [0.05, 0.1) is 12.2 Å². The summed E-state index contributed by atoms with van der Waals surface area (Å²) in [5, 5.41) is 16.9. The minimum atomic E-state index is -0.512. The van der Waals surface area contributed by atoms with Crippen LogP contribution in [0.1, 0.15) is 55.8 Å². The molecule has 1 N–H and O–H groups in total. The van der Waals surface area contributed by atoms with Crippen LogP contribution in [0.4, 0.5) is 0 Å². The predicted octanol–water partition coefficient (Wildman–Crippen LogP) is 4.63. The van der Waals surface area contributed by atoms with E-state index in [0.717, 1.165) is 12.2 Å². The Morgan fingerprint density at radius 2 is 1.79 bits per heavy atom. The van der Waals surface area contributed by atoms with E-state index in [-0.39, 0.29) is 5.75 Å². The molecule has 7 nitrogen and oxygen atoms in total. The third-order valence-electron chi connectivity index (χ3n) is 4.48. The lowest BCUT2D eigenvalue weighted by molar-refractivity contribution is 0.0736. The van der Waals surface area contributed by atoms with Crippen molar-refractivity contribution in [1.29, 1.82) is 0 Å². The van der Waals surface area contributed by atoms with Crippen molar-refractivity contribution in [3.05, 3.63) is 48.0 Å². The molecule has 0 spiro atoms. The van der Waals surface area contributed by atoms with Crippen LogP contribution in [0.25, 0.3) is 11.0 Å². The minimum absolute atomic E-state index is 0.242. The highest BCUT2D eigenvalue weighted by Gasteiger charge is 2.14. The summed E-state index contributed by atoms with van der Waals surface area (Å²) in [4.78, 5) is 13.0. The number of aromatic nitrogens is 3. The molecule has 0 saturated carbocycles. The summed E-state index contributed by atoms with van der Waals surface area (Å²) in [5.74, 6) is 0.462. The molecule has 0 saturated heterocycles. The summed E-state index contributed by atoms with van der Waals surface area (Å²) in [7, 11) is 0. The number of hydrogen-bond donors (Lipinski definition) is 1. The van der Waals surface area contributed by atoms with Gasteiger partial charge in [-0.15, -0.1) is 5.10 Å². The second-order valence-corrected chi connectivity index (χ2v) is 6.63. The highest BCUT2D eigenvalue weighted by atomic mass is 16.5. The lowest BCUT2D eigenvalue weighted by Gasteiger charge is -2.08. The van der Waals surface area contributed by atoms with E-state index in [0.29, 0.717) is 28.0 Å². The van der Waals surface area contributed by atoms with E-state index in [1.165, 1.54) is 32.1 Å². The Morgan fingerprint density at radius 1 is 1.04 bits per heavy atom. The van der Waals surface area contributed by atoms with Gasteiger partial charge in [0, 0.05) is 0 Å². The summed E-state index contributed by atoms with van der Waals surface area (Å²) in [6.45, 7) is 2.89. The van der Waals surface area contributed by atoms with Crippen LogP contribution >= 0.6 is 0 Å². The Morgan fingerprint density at radius 3 is 2.57 bits per heavy atom. The molecule has 7 heteroatoms. The van der Waals surface area contributed by atoms with Gasteiger partial charge in [-0.3, -0.25) is 0 Å². The van der Waals surface area contributed by atoms with Gasteiger partial charge in [-0.05, 0) is 48.0 Å². The molecule has 0 unspecified atom stereocenters. The average Bonchev–Trinajstić information content (AvgIpc) is 3.10. The van der Waals surface area contributed by atoms with Crippen molar-refractivity contribution < 1.29 is 19.5 Å². The van der Waals surface area contributed by atoms with Crippen molar-refractivity contribution in [2.75, 3.05) is 6.61 Å². The summed E-state index contributed by atoms with van der Waals surface area (Å²) < 4.78 is 11.1. The summed E-state index contributed by atoms with van der Waals surface area (Å²) >= 11 is 0. The van der Waals surface area contributed by atoms with Gasteiger partial charge >= 0.3 is 5.97 Å². The second-order valence-electron chi connectivity index (χ2n) is 6.63. The molecule has 3 rings (SSSR count). The maximum Gasteiger partial charge on any atom is 0.343 e. The SMILES string of the molecule is CCCCCCCCOc1ccc(C(=O)Oc2cccc3c2nnn3O)cc1. The van der Waals surface area contributed by atoms with Crippen LogP contribution in [-0.4, -0.2) is 32.9 Å². The molecule has 0 amide bonds. The molecule has 0 atom stereocenters. The first-order valence-corrected chi connectivity index (χ1v) is 9.67. The zero-order valence-electron chi connectivity index (χ0n) is 16.0. The van der Waals surface area contributed by atoms with Gasteiger partial charge in [-0.1, -0.05) is 49.9 Å². The quantitative estimate of drug-likeness (QED) is 0.238. The number of rotatable bonds is 10. The molecule has 0 aliphatic heterocycles. The van der Waals surface area contributed by atoms with Crippen molar-refractivity contribution in [1.82, 2.24) is 15.2 Å². The molecule has 148 valence electrons. The van der Waals surface area contributed by atoms with E-state index in [1.54, 1.807) is 42.5 Å². The smallest absolute Gasteiger partial charge is 0.343 e. The number of fused-ring (bicyclic) bond motifs is 1. The van der Waals surface area contributed by atoms with Crippen LogP contribution in [0.3, 0.4) is 0 Å². The Kier molecular flexibility index (Phi) is 6.84. The third-order valence-corrected chi connectivity index (χ3v) is 4.48. The molecule has 0 aliphatic rings. The first kappa shape index (κ1) is 19.7. The average molecular weight is 383 g/mol. The molecule has 0 radical (unpaired) electrons. The molecular formula is C21H25N3O4. The van der Waals surface area contributed by atoms with Crippen molar-refractivity contribution >= 4 is 17.0 Å². The first-order chi connectivity index (χ1) is 13.7. The van der Waals surface area contributed by atoms with Crippen molar-refractivity contribution in [3.63, 3.8) is 0 Å². The van der Waals surface area contributed by atoms with E-state index >= 15 is 0 Å². The first-order valence-electron chi connectivity index (χ1n) is 9.67. The molecule has 0 aliphatic carbocycles. The lowest BCUT2D eigenvalue weighted by Crippen LogP contribution is -2.09. The van der Waals surface area contributed by atoms with Crippen molar-refractivity contribution in [2.45, 2.75) is 45.4 Å². The summed E-state index contributed by atoms with van der Waals surface area (Å²) in [6.07, 6.45) is 7.29. The highest BCUT2D eigenvalue weighted by Crippen LogP contribution is 2.24. The Bertz CT molecular complexity index is 906. The van der Waals surface area contributed by atoms with Gasteiger partial charge in [0.2, 0.25) is 0 Å². The van der Waals surface area contributed by atoms with Crippen molar-refractivity contribution in [2.24, 2.45) is 0 Å². The Balaban J connectivity index is 1.51. The van der Waals surface area contributed by atoms with E-state index in [4.69, 9.17) is 9.47 Å². The molecule has 0 fully saturated rings. The van der Waals surface area contributed by atoms with Gasteiger partial charge in [-0.2, -0.15) is 0 Å². The van der Waals surface area contributed by atoms with Gasteiger partial charge in [0.1, 0.15) is 11.3 Å². The Hall–Kier alpha value is -3.09. The van der Waals surface area contributed by atoms with Crippen molar-refractivity contribution in [3.8, 4) is 11.5 Å². The number of ether oxygens (including phenoxy) is 2. The van der Waals surface area contributed by atoms with Crippen LogP contribution in [0.15, 0.2) is 42.5 Å². The van der Waals surface area contributed by atoms with Crippen LogP contribution in [0.2, 0.25) is 0 Å². The van der Waals surface area contributed by atoms with Gasteiger partial charge < -0.3 is 14.7 Å². The summed E-state index contributed by atoms with van der Waals surface area (Å²) in [5.41, 5.74) is 1.08. The molecule has 28 heavy (non-hydrogen) atoms. The maximum absolute atomic E-state index is 12.4. The Labute approximate surface area is 163 Å². The second kappa shape index (κ2) is 9.73. The predicted molar refractivity (Wildman–Crippen MR) is 105 cm³/mol. The number of carbonyl (C=O) groups excluding carboxylic acids is 1. The highest BCUT2D eigenvalue weighted by molar-refractivity contribution is 5.93. The minimum Gasteiger partial charge on any atom is -0.494 e. The lowest BCUT2D eigenvalue weighted by atomic mass is 10.1. The summed E-state index contributed by atoms with van der Waals surface area (Å²) in [6, 6.07) is 11.7. The fourth-order valence-electron chi connectivity index (χ4n) is 2.91. The molecular weight excluding hydrogens is 358 g/mol. The number of carbonyl (C=O) groups is 1. The zero-order chi connectivity index (χ0) is 19.8. The fraction of sp³-hybridized carbons (Fsp3) is 0.381. The number of benzene rings is 2. The number of nitrogens with zero attached hydrogens (tertiary/aromatic N) is 3. The largest absolute Gasteiger partial charge is 0.494 e. The zero-order valence-corrected chi connectivity index (χ0v) is 16.0. The van der Waals surface area contributed by atoms with Crippen LogP contribution in [0, 0.1) is 0 Å². The molecule has 2 aromatic carbocycles. The third kappa shape index (κ3) is 5.00. The van der Waals surface area contributed by atoms with Crippen LogP contribution in [0.5, 0.6) is 11.5 Å². The van der Waals surface area contributed by atoms with Gasteiger partial charge in [0.15, 0.2) is 11.3 Å². The van der Waals surface area contributed by atoms with E-state index < -0.39 is 5.97 Å². The van der Waals surface area contributed by atoms with E-state index in [2.05, 4.69) is 17.2 Å². The molecule has 1 aromatic heterocycles. The van der Waals surface area contributed by atoms with Gasteiger partial charge in [0.25, 0.3) is 0 Å².